The highest BCUT2D eigenvalue weighted by Gasteiger charge is 2.41. The summed E-state index contributed by atoms with van der Waals surface area (Å²) in [5.74, 6) is -0.389. The Balaban J connectivity index is 2.04. The van der Waals surface area contributed by atoms with Crippen LogP contribution in [-0.2, 0) is 0 Å². The monoisotopic (exact) mass is 298 g/mol. The molecule has 1 aliphatic carbocycles. The molecule has 0 aliphatic heterocycles. The molecule has 0 atom stereocenters. The Labute approximate surface area is 120 Å². The number of carbonyl (C=O) groups excluding carboxylic acids is 1. The SMILES string of the molecule is O=C(NCC1(CCO)CC1)c1cc(Cl)cc([N+](=O)[O-])c1. The number of hydrogen-bond acceptors (Lipinski definition) is 4. The molecular formula is C13H15ClN2O4. The summed E-state index contributed by atoms with van der Waals surface area (Å²) in [6.45, 7) is 0.561. The first-order chi connectivity index (χ1) is 9.46. The quantitative estimate of drug-likeness (QED) is 0.621. The van der Waals surface area contributed by atoms with Crippen LogP contribution in [0, 0.1) is 15.5 Å². The molecule has 20 heavy (non-hydrogen) atoms. The third-order valence-corrected chi connectivity index (χ3v) is 3.80. The Hall–Kier alpha value is -1.66. The van der Waals surface area contributed by atoms with Crippen LogP contribution in [0.25, 0.3) is 0 Å². The van der Waals surface area contributed by atoms with Gasteiger partial charge in [-0.1, -0.05) is 11.6 Å². The normalized spacial score (nSPS) is 15.7. The predicted octanol–water partition coefficient (Wildman–Crippen LogP) is 2.14. The van der Waals surface area contributed by atoms with E-state index in [-0.39, 0.29) is 34.2 Å². The lowest BCUT2D eigenvalue weighted by Crippen LogP contribution is -2.30. The molecule has 1 saturated carbocycles. The molecule has 108 valence electrons. The summed E-state index contributed by atoms with van der Waals surface area (Å²) in [6, 6.07) is 3.80. The van der Waals surface area contributed by atoms with Crippen LogP contribution in [0.2, 0.25) is 5.02 Å². The van der Waals surface area contributed by atoms with E-state index < -0.39 is 4.92 Å². The molecule has 0 spiro atoms. The molecule has 0 unspecified atom stereocenters. The fourth-order valence-electron chi connectivity index (χ4n) is 2.11. The molecule has 1 aromatic rings. The number of amides is 1. The van der Waals surface area contributed by atoms with E-state index in [1.54, 1.807) is 0 Å². The van der Waals surface area contributed by atoms with Crippen molar-refractivity contribution in [3.8, 4) is 0 Å². The van der Waals surface area contributed by atoms with E-state index in [1.807, 2.05) is 0 Å². The zero-order chi connectivity index (χ0) is 14.8. The first kappa shape index (κ1) is 14.7. The van der Waals surface area contributed by atoms with Gasteiger partial charge in [-0.25, -0.2) is 0 Å². The minimum atomic E-state index is -0.587. The topological polar surface area (TPSA) is 92.5 Å². The molecule has 0 bridgehead atoms. The Kier molecular flexibility index (Phi) is 4.25. The number of nitrogens with zero attached hydrogens (tertiary/aromatic N) is 1. The van der Waals surface area contributed by atoms with Gasteiger partial charge in [0.05, 0.1) is 4.92 Å². The average Bonchev–Trinajstić information content (AvgIpc) is 3.16. The standard InChI is InChI=1S/C13H15ClN2O4/c14-10-5-9(6-11(7-10)16(19)20)12(18)15-8-13(1-2-13)3-4-17/h5-7,17H,1-4,8H2,(H,15,18). The largest absolute Gasteiger partial charge is 0.396 e. The van der Waals surface area contributed by atoms with Crippen molar-refractivity contribution in [2.75, 3.05) is 13.2 Å². The number of nitro groups is 1. The van der Waals surface area contributed by atoms with Crippen LogP contribution in [0.4, 0.5) is 5.69 Å². The number of carbonyl (C=O) groups is 1. The van der Waals surface area contributed by atoms with E-state index in [4.69, 9.17) is 16.7 Å². The maximum absolute atomic E-state index is 12.0. The van der Waals surface area contributed by atoms with Gasteiger partial charge in [0.15, 0.2) is 0 Å². The maximum Gasteiger partial charge on any atom is 0.271 e. The van der Waals surface area contributed by atoms with Crippen LogP contribution in [0.5, 0.6) is 0 Å². The molecule has 7 heteroatoms. The summed E-state index contributed by atoms with van der Waals surface area (Å²) >= 11 is 5.77. The Morgan fingerprint density at radius 1 is 1.45 bits per heavy atom. The summed E-state index contributed by atoms with van der Waals surface area (Å²) in [5.41, 5.74) is -0.0438. The molecule has 6 nitrogen and oxygen atoms in total. The number of benzene rings is 1. The van der Waals surface area contributed by atoms with Gasteiger partial charge in [-0.2, -0.15) is 0 Å². The number of nitro benzene ring substituents is 1. The molecule has 0 saturated heterocycles. The number of hydrogen-bond donors (Lipinski definition) is 2. The highest BCUT2D eigenvalue weighted by atomic mass is 35.5. The number of aliphatic hydroxyl groups is 1. The van der Waals surface area contributed by atoms with Gasteiger partial charge in [0.2, 0.25) is 0 Å². The fourth-order valence-corrected chi connectivity index (χ4v) is 2.34. The summed E-state index contributed by atoms with van der Waals surface area (Å²) in [4.78, 5) is 22.1. The van der Waals surface area contributed by atoms with Crippen molar-refractivity contribution >= 4 is 23.2 Å². The molecule has 1 amide bonds. The molecular weight excluding hydrogens is 284 g/mol. The van der Waals surface area contributed by atoms with E-state index in [2.05, 4.69) is 5.32 Å². The highest BCUT2D eigenvalue weighted by Crippen LogP contribution is 2.47. The molecule has 1 fully saturated rings. The molecule has 0 heterocycles. The molecule has 1 aliphatic rings. The number of halogens is 1. The fraction of sp³-hybridized carbons (Fsp3) is 0.462. The average molecular weight is 299 g/mol. The van der Waals surface area contributed by atoms with Crippen molar-refractivity contribution in [1.29, 1.82) is 0 Å². The highest BCUT2D eigenvalue weighted by molar-refractivity contribution is 6.31. The third kappa shape index (κ3) is 3.46. The van der Waals surface area contributed by atoms with Gasteiger partial charge < -0.3 is 10.4 Å². The maximum atomic E-state index is 12.0. The minimum Gasteiger partial charge on any atom is -0.396 e. The van der Waals surface area contributed by atoms with Crippen molar-refractivity contribution in [2.24, 2.45) is 5.41 Å². The van der Waals surface area contributed by atoms with E-state index in [1.165, 1.54) is 18.2 Å². The van der Waals surface area contributed by atoms with Gasteiger partial charge in [-0.3, -0.25) is 14.9 Å². The molecule has 2 N–H and O–H groups in total. The Morgan fingerprint density at radius 2 is 2.15 bits per heavy atom. The van der Waals surface area contributed by atoms with Gasteiger partial charge in [0.1, 0.15) is 0 Å². The van der Waals surface area contributed by atoms with Crippen LogP contribution >= 0.6 is 11.6 Å². The number of nitrogens with one attached hydrogen (secondary N) is 1. The summed E-state index contributed by atoms with van der Waals surface area (Å²) in [6.07, 6.45) is 2.61. The van der Waals surface area contributed by atoms with Gasteiger partial charge >= 0.3 is 0 Å². The second-order valence-electron chi connectivity index (χ2n) is 5.11. The van der Waals surface area contributed by atoms with Gasteiger partial charge in [-0.15, -0.1) is 0 Å². The van der Waals surface area contributed by atoms with E-state index >= 15 is 0 Å². The van der Waals surface area contributed by atoms with Crippen LogP contribution in [0.15, 0.2) is 18.2 Å². The molecule has 2 rings (SSSR count). The van der Waals surface area contributed by atoms with Crippen LogP contribution < -0.4 is 5.32 Å². The first-order valence-corrected chi connectivity index (χ1v) is 6.68. The van der Waals surface area contributed by atoms with E-state index in [0.29, 0.717) is 13.0 Å². The second-order valence-corrected chi connectivity index (χ2v) is 5.55. The van der Waals surface area contributed by atoms with E-state index in [0.717, 1.165) is 12.8 Å². The Bertz CT molecular complexity index is 543. The van der Waals surface area contributed by atoms with Gasteiger partial charge in [0, 0.05) is 35.9 Å². The smallest absolute Gasteiger partial charge is 0.271 e. The van der Waals surface area contributed by atoms with Crippen LogP contribution in [0.3, 0.4) is 0 Å². The number of rotatable bonds is 6. The summed E-state index contributed by atoms with van der Waals surface area (Å²) in [5, 5.41) is 22.6. The predicted molar refractivity (Wildman–Crippen MR) is 73.8 cm³/mol. The van der Waals surface area contributed by atoms with Crippen molar-refractivity contribution in [3.05, 3.63) is 38.9 Å². The lowest BCUT2D eigenvalue weighted by atomic mass is 10.0. The molecule has 1 aromatic carbocycles. The van der Waals surface area contributed by atoms with Gasteiger partial charge in [0.25, 0.3) is 11.6 Å². The van der Waals surface area contributed by atoms with Crippen molar-refractivity contribution in [2.45, 2.75) is 19.3 Å². The van der Waals surface area contributed by atoms with Crippen molar-refractivity contribution < 1.29 is 14.8 Å². The lowest BCUT2D eigenvalue weighted by Gasteiger charge is -2.14. The second kappa shape index (κ2) is 5.76. The van der Waals surface area contributed by atoms with E-state index in [9.17, 15) is 14.9 Å². The number of non-ortho nitro benzene ring substituents is 1. The lowest BCUT2D eigenvalue weighted by molar-refractivity contribution is -0.384. The summed E-state index contributed by atoms with van der Waals surface area (Å²) < 4.78 is 0. The third-order valence-electron chi connectivity index (χ3n) is 3.58. The summed E-state index contributed by atoms with van der Waals surface area (Å²) in [7, 11) is 0. The first-order valence-electron chi connectivity index (χ1n) is 6.30. The van der Waals surface area contributed by atoms with Gasteiger partial charge in [-0.05, 0) is 30.7 Å². The zero-order valence-electron chi connectivity index (χ0n) is 10.8. The Morgan fingerprint density at radius 3 is 2.70 bits per heavy atom. The number of aliphatic hydroxyl groups excluding tert-OH is 1. The minimum absolute atomic E-state index is 0.00504. The molecule has 0 radical (unpaired) electrons. The molecule has 0 aromatic heterocycles. The zero-order valence-corrected chi connectivity index (χ0v) is 11.5. The van der Waals surface area contributed by atoms with Crippen molar-refractivity contribution in [3.63, 3.8) is 0 Å². The van der Waals surface area contributed by atoms with Crippen LogP contribution in [0.1, 0.15) is 29.6 Å². The van der Waals surface area contributed by atoms with Crippen LogP contribution in [-0.4, -0.2) is 29.1 Å². The van der Waals surface area contributed by atoms with Crippen molar-refractivity contribution in [1.82, 2.24) is 5.32 Å².